The van der Waals surface area contributed by atoms with E-state index in [0.29, 0.717) is 23.1 Å². The van der Waals surface area contributed by atoms with Crippen molar-refractivity contribution in [2.24, 2.45) is 0 Å². The fourth-order valence-corrected chi connectivity index (χ4v) is 2.73. The molecule has 3 aromatic rings. The SMILES string of the molecule is CCCCCCOc1ccc2c(=O)c(-c3ccccc3)coc2c1. The molecule has 0 saturated carbocycles. The van der Waals surface area contributed by atoms with Gasteiger partial charge in [-0.25, -0.2) is 0 Å². The van der Waals surface area contributed by atoms with E-state index in [1.165, 1.54) is 25.5 Å². The minimum atomic E-state index is -0.0167. The van der Waals surface area contributed by atoms with E-state index in [9.17, 15) is 4.79 Å². The van der Waals surface area contributed by atoms with Crippen molar-refractivity contribution in [3.8, 4) is 16.9 Å². The molecule has 0 unspecified atom stereocenters. The quantitative estimate of drug-likeness (QED) is 0.545. The lowest BCUT2D eigenvalue weighted by molar-refractivity contribution is 0.305. The van der Waals surface area contributed by atoms with E-state index in [1.807, 2.05) is 36.4 Å². The van der Waals surface area contributed by atoms with Gasteiger partial charge in [-0.15, -0.1) is 0 Å². The number of benzene rings is 2. The lowest BCUT2D eigenvalue weighted by atomic mass is 10.1. The second-order valence-electron chi connectivity index (χ2n) is 5.91. The van der Waals surface area contributed by atoms with E-state index in [0.717, 1.165) is 17.7 Å². The third-order valence-corrected chi connectivity index (χ3v) is 4.10. The summed E-state index contributed by atoms with van der Waals surface area (Å²) in [5.41, 5.74) is 1.99. The van der Waals surface area contributed by atoms with Crippen molar-refractivity contribution in [2.45, 2.75) is 32.6 Å². The van der Waals surface area contributed by atoms with Crippen LogP contribution >= 0.6 is 0 Å². The Hall–Kier alpha value is -2.55. The van der Waals surface area contributed by atoms with Crippen LogP contribution in [0.1, 0.15) is 32.6 Å². The molecule has 0 aliphatic carbocycles. The normalized spacial score (nSPS) is 10.9. The van der Waals surface area contributed by atoms with Crippen LogP contribution in [0.2, 0.25) is 0 Å². The molecule has 0 amide bonds. The molecule has 0 N–H and O–H groups in total. The van der Waals surface area contributed by atoms with Gasteiger partial charge >= 0.3 is 0 Å². The van der Waals surface area contributed by atoms with E-state index >= 15 is 0 Å². The van der Waals surface area contributed by atoms with Crippen LogP contribution in [0.15, 0.2) is 64.0 Å². The molecule has 124 valence electrons. The number of rotatable bonds is 7. The van der Waals surface area contributed by atoms with Crippen molar-refractivity contribution in [1.29, 1.82) is 0 Å². The van der Waals surface area contributed by atoms with E-state index in [4.69, 9.17) is 9.15 Å². The Morgan fingerprint density at radius 1 is 1.00 bits per heavy atom. The fraction of sp³-hybridized carbons (Fsp3) is 0.286. The van der Waals surface area contributed by atoms with Crippen molar-refractivity contribution >= 4 is 11.0 Å². The Kier molecular flexibility index (Phi) is 5.32. The first-order valence-corrected chi connectivity index (χ1v) is 8.53. The zero-order valence-electron chi connectivity index (χ0n) is 14.0. The van der Waals surface area contributed by atoms with Gasteiger partial charge in [-0.1, -0.05) is 56.5 Å². The van der Waals surface area contributed by atoms with E-state index in [1.54, 1.807) is 12.1 Å². The van der Waals surface area contributed by atoms with Crippen LogP contribution in [0.5, 0.6) is 5.75 Å². The van der Waals surface area contributed by atoms with Gasteiger partial charge in [0.25, 0.3) is 0 Å². The zero-order chi connectivity index (χ0) is 16.8. The Morgan fingerprint density at radius 3 is 2.62 bits per heavy atom. The van der Waals surface area contributed by atoms with Crippen LogP contribution in [0.4, 0.5) is 0 Å². The summed E-state index contributed by atoms with van der Waals surface area (Å²) < 4.78 is 11.4. The Bertz CT molecular complexity index is 850. The maximum absolute atomic E-state index is 12.7. The van der Waals surface area contributed by atoms with Crippen LogP contribution in [-0.2, 0) is 0 Å². The van der Waals surface area contributed by atoms with Gasteiger partial charge in [0.05, 0.1) is 17.6 Å². The highest BCUT2D eigenvalue weighted by atomic mass is 16.5. The number of fused-ring (bicyclic) bond motifs is 1. The zero-order valence-corrected chi connectivity index (χ0v) is 14.0. The summed E-state index contributed by atoms with van der Waals surface area (Å²) in [7, 11) is 0. The van der Waals surface area contributed by atoms with Gasteiger partial charge in [-0.3, -0.25) is 4.79 Å². The predicted molar refractivity (Wildman–Crippen MR) is 97.6 cm³/mol. The molecule has 0 aliphatic rings. The maximum atomic E-state index is 12.7. The van der Waals surface area contributed by atoms with Crippen molar-refractivity contribution < 1.29 is 9.15 Å². The third kappa shape index (κ3) is 3.67. The molecule has 0 spiro atoms. The molecule has 3 nitrogen and oxygen atoms in total. The van der Waals surface area contributed by atoms with Crippen LogP contribution in [0.25, 0.3) is 22.1 Å². The first kappa shape index (κ1) is 16.3. The topological polar surface area (TPSA) is 39.4 Å². The van der Waals surface area contributed by atoms with Crippen LogP contribution in [-0.4, -0.2) is 6.61 Å². The largest absolute Gasteiger partial charge is 0.493 e. The highest BCUT2D eigenvalue weighted by molar-refractivity contribution is 5.82. The van der Waals surface area contributed by atoms with Crippen LogP contribution in [0.3, 0.4) is 0 Å². The molecule has 0 saturated heterocycles. The van der Waals surface area contributed by atoms with Crippen molar-refractivity contribution in [3.05, 3.63) is 65.0 Å². The minimum absolute atomic E-state index is 0.0167. The molecule has 0 bridgehead atoms. The van der Waals surface area contributed by atoms with Crippen molar-refractivity contribution in [2.75, 3.05) is 6.61 Å². The van der Waals surface area contributed by atoms with Gasteiger partial charge in [-0.2, -0.15) is 0 Å². The first-order valence-electron chi connectivity index (χ1n) is 8.53. The van der Waals surface area contributed by atoms with Gasteiger partial charge in [0.1, 0.15) is 17.6 Å². The highest BCUT2D eigenvalue weighted by Crippen LogP contribution is 2.23. The Balaban J connectivity index is 1.81. The average molecular weight is 322 g/mol. The van der Waals surface area contributed by atoms with Crippen molar-refractivity contribution in [1.82, 2.24) is 0 Å². The van der Waals surface area contributed by atoms with E-state index in [2.05, 4.69) is 6.92 Å². The number of hydrogen-bond donors (Lipinski definition) is 0. The molecule has 0 aliphatic heterocycles. The smallest absolute Gasteiger partial charge is 0.200 e. The summed E-state index contributed by atoms with van der Waals surface area (Å²) in [5.74, 6) is 0.745. The summed E-state index contributed by atoms with van der Waals surface area (Å²) in [6.45, 7) is 2.88. The van der Waals surface area contributed by atoms with Gasteiger partial charge in [0, 0.05) is 6.07 Å². The lowest BCUT2D eigenvalue weighted by Gasteiger charge is -2.07. The maximum Gasteiger partial charge on any atom is 0.200 e. The molecule has 2 aromatic carbocycles. The van der Waals surface area contributed by atoms with Gasteiger partial charge in [0.2, 0.25) is 0 Å². The summed E-state index contributed by atoms with van der Waals surface area (Å²) in [4.78, 5) is 12.7. The van der Waals surface area contributed by atoms with Crippen LogP contribution in [0, 0.1) is 0 Å². The molecule has 1 heterocycles. The summed E-state index contributed by atoms with van der Waals surface area (Å²) >= 11 is 0. The Labute approximate surface area is 141 Å². The first-order chi connectivity index (χ1) is 11.8. The van der Waals surface area contributed by atoms with Gasteiger partial charge in [-0.05, 0) is 24.1 Å². The summed E-state index contributed by atoms with van der Waals surface area (Å²) in [6.07, 6.45) is 6.20. The number of unbranched alkanes of at least 4 members (excludes halogenated alkanes) is 3. The highest BCUT2D eigenvalue weighted by Gasteiger charge is 2.09. The number of hydrogen-bond acceptors (Lipinski definition) is 3. The molecule has 0 fully saturated rings. The molecule has 24 heavy (non-hydrogen) atoms. The van der Waals surface area contributed by atoms with E-state index < -0.39 is 0 Å². The average Bonchev–Trinajstić information content (AvgIpc) is 2.62. The number of ether oxygens (including phenoxy) is 1. The minimum Gasteiger partial charge on any atom is -0.493 e. The summed E-state index contributed by atoms with van der Waals surface area (Å²) in [5, 5.41) is 0.578. The predicted octanol–water partition coefficient (Wildman–Crippen LogP) is 5.42. The standard InChI is InChI=1S/C21H22O3/c1-2-3-4-8-13-23-17-11-12-18-20(14-17)24-15-19(21(18)22)16-9-6-5-7-10-16/h5-7,9-12,14-15H,2-4,8,13H2,1H3. The monoisotopic (exact) mass is 322 g/mol. The molecule has 0 atom stereocenters. The second kappa shape index (κ2) is 7.82. The van der Waals surface area contributed by atoms with Gasteiger partial charge in [0.15, 0.2) is 5.43 Å². The molecule has 1 aromatic heterocycles. The molecular weight excluding hydrogens is 300 g/mol. The molecular formula is C21H22O3. The molecule has 3 heteroatoms. The van der Waals surface area contributed by atoms with Crippen molar-refractivity contribution in [3.63, 3.8) is 0 Å². The molecule has 3 rings (SSSR count). The summed E-state index contributed by atoms with van der Waals surface area (Å²) in [6, 6.07) is 15.0. The Morgan fingerprint density at radius 2 is 1.83 bits per heavy atom. The molecule has 0 radical (unpaired) electrons. The lowest BCUT2D eigenvalue weighted by Crippen LogP contribution is -2.05. The second-order valence-corrected chi connectivity index (χ2v) is 5.91. The van der Waals surface area contributed by atoms with Gasteiger partial charge < -0.3 is 9.15 Å². The van der Waals surface area contributed by atoms with Crippen LogP contribution < -0.4 is 10.2 Å². The van der Waals surface area contributed by atoms with E-state index in [-0.39, 0.29) is 5.43 Å². The fourth-order valence-electron chi connectivity index (χ4n) is 2.73. The third-order valence-electron chi connectivity index (χ3n) is 4.10.